The Bertz CT molecular complexity index is 879. The van der Waals surface area contributed by atoms with E-state index in [4.69, 9.17) is 10.5 Å². The number of hydrogen-bond donors (Lipinski definition) is 1. The third kappa shape index (κ3) is 2.22. The molecule has 0 aliphatic carbocycles. The summed E-state index contributed by atoms with van der Waals surface area (Å²) in [6.45, 7) is 0. The number of hydrogen-bond acceptors (Lipinski definition) is 4. The number of aromatic nitrogens is 2. The number of halogens is 1. The first kappa shape index (κ1) is 13.5. The van der Waals surface area contributed by atoms with E-state index in [0.29, 0.717) is 22.8 Å². The van der Waals surface area contributed by atoms with Crippen molar-refractivity contribution in [2.75, 3.05) is 12.8 Å². The summed E-state index contributed by atoms with van der Waals surface area (Å²) in [5, 5.41) is 9.17. The van der Waals surface area contributed by atoms with Gasteiger partial charge in [0.25, 0.3) is 0 Å². The van der Waals surface area contributed by atoms with E-state index >= 15 is 0 Å². The number of nitrogens with zero attached hydrogens (tertiary/aromatic N) is 3. The Balaban J connectivity index is 2.21. The van der Waals surface area contributed by atoms with Crippen LogP contribution in [0.2, 0.25) is 0 Å². The number of nitrogens with two attached hydrogens (primary N) is 1. The van der Waals surface area contributed by atoms with Gasteiger partial charge >= 0.3 is 0 Å². The lowest BCUT2D eigenvalue weighted by atomic mass is 10.1. The quantitative estimate of drug-likeness (QED) is 0.775. The van der Waals surface area contributed by atoms with E-state index in [1.165, 1.54) is 7.11 Å². The molecule has 0 fully saturated rings. The van der Waals surface area contributed by atoms with Crippen LogP contribution in [0.15, 0.2) is 41.0 Å². The molecule has 5 nitrogen and oxygen atoms in total. The highest BCUT2D eigenvalue weighted by molar-refractivity contribution is 9.10. The summed E-state index contributed by atoms with van der Waals surface area (Å²) in [5.74, 6) is 1.06. The largest absolute Gasteiger partial charge is 0.495 e. The van der Waals surface area contributed by atoms with Crippen LogP contribution in [-0.2, 0) is 0 Å². The first-order valence-electron chi connectivity index (χ1n) is 6.15. The molecule has 0 saturated carbocycles. The van der Waals surface area contributed by atoms with Crippen molar-refractivity contribution >= 4 is 27.4 Å². The van der Waals surface area contributed by atoms with E-state index in [9.17, 15) is 5.26 Å². The van der Waals surface area contributed by atoms with Gasteiger partial charge in [-0.15, -0.1) is 0 Å². The Morgan fingerprint density at radius 1 is 1.33 bits per heavy atom. The SMILES string of the molecule is COc1ccc(-c2nc3ccc(Br)cn3c2N)cc1C#N. The van der Waals surface area contributed by atoms with Gasteiger partial charge in [-0.05, 0) is 46.3 Å². The van der Waals surface area contributed by atoms with Crippen LogP contribution < -0.4 is 10.5 Å². The minimum atomic E-state index is 0.452. The maximum absolute atomic E-state index is 9.17. The molecule has 6 heteroatoms. The molecule has 104 valence electrons. The molecule has 0 aliphatic heterocycles. The smallest absolute Gasteiger partial charge is 0.139 e. The van der Waals surface area contributed by atoms with Crippen LogP contribution in [0.3, 0.4) is 0 Å². The van der Waals surface area contributed by atoms with Crippen LogP contribution in [-0.4, -0.2) is 16.5 Å². The Hall–Kier alpha value is -2.52. The highest BCUT2D eigenvalue weighted by atomic mass is 79.9. The zero-order valence-corrected chi connectivity index (χ0v) is 12.8. The molecule has 3 aromatic rings. The summed E-state index contributed by atoms with van der Waals surface area (Å²) in [7, 11) is 1.53. The van der Waals surface area contributed by atoms with Crippen molar-refractivity contribution in [3.63, 3.8) is 0 Å². The van der Waals surface area contributed by atoms with Gasteiger partial charge in [-0.1, -0.05) is 0 Å². The Morgan fingerprint density at radius 3 is 2.86 bits per heavy atom. The number of rotatable bonds is 2. The first-order chi connectivity index (χ1) is 10.1. The van der Waals surface area contributed by atoms with E-state index in [-0.39, 0.29) is 0 Å². The maximum atomic E-state index is 9.17. The van der Waals surface area contributed by atoms with Gasteiger partial charge in [0.2, 0.25) is 0 Å². The molecular weight excluding hydrogens is 332 g/mol. The normalized spacial score (nSPS) is 10.5. The van der Waals surface area contributed by atoms with Crippen molar-refractivity contribution in [1.29, 1.82) is 5.26 Å². The fraction of sp³-hybridized carbons (Fsp3) is 0.0667. The predicted molar refractivity (Wildman–Crippen MR) is 84.0 cm³/mol. The lowest BCUT2D eigenvalue weighted by molar-refractivity contribution is 0.413. The van der Waals surface area contributed by atoms with Crippen LogP contribution in [0.25, 0.3) is 16.9 Å². The molecule has 0 atom stereocenters. The van der Waals surface area contributed by atoms with Crippen LogP contribution in [0.4, 0.5) is 5.82 Å². The fourth-order valence-corrected chi connectivity index (χ4v) is 2.53. The Kier molecular flexibility index (Phi) is 3.28. The van der Waals surface area contributed by atoms with Crippen molar-refractivity contribution in [2.45, 2.75) is 0 Å². The summed E-state index contributed by atoms with van der Waals surface area (Å²) >= 11 is 3.41. The first-order valence-corrected chi connectivity index (χ1v) is 6.95. The fourth-order valence-electron chi connectivity index (χ4n) is 2.19. The van der Waals surface area contributed by atoms with Gasteiger partial charge < -0.3 is 10.5 Å². The summed E-state index contributed by atoms with van der Waals surface area (Å²) < 4.78 is 7.86. The summed E-state index contributed by atoms with van der Waals surface area (Å²) in [6.07, 6.45) is 1.86. The molecule has 2 heterocycles. The van der Waals surface area contributed by atoms with Gasteiger partial charge in [0, 0.05) is 16.2 Å². The molecule has 0 saturated heterocycles. The number of benzene rings is 1. The lowest BCUT2D eigenvalue weighted by Crippen LogP contribution is -1.94. The average Bonchev–Trinajstić information content (AvgIpc) is 2.83. The average molecular weight is 343 g/mol. The number of imidazole rings is 1. The van der Waals surface area contributed by atoms with Crippen LogP contribution in [0, 0.1) is 11.3 Å². The second kappa shape index (κ2) is 5.11. The predicted octanol–water partition coefficient (Wildman–Crippen LogP) is 3.23. The van der Waals surface area contributed by atoms with Crippen molar-refractivity contribution in [3.05, 3.63) is 46.6 Å². The van der Waals surface area contributed by atoms with E-state index in [0.717, 1.165) is 15.7 Å². The lowest BCUT2D eigenvalue weighted by Gasteiger charge is -2.05. The molecule has 0 radical (unpaired) electrons. The van der Waals surface area contributed by atoms with Gasteiger partial charge in [0.05, 0.1) is 12.7 Å². The van der Waals surface area contributed by atoms with Gasteiger partial charge in [0.15, 0.2) is 0 Å². The number of anilines is 1. The second-order valence-electron chi connectivity index (χ2n) is 4.45. The number of pyridine rings is 1. The van der Waals surface area contributed by atoms with Crippen molar-refractivity contribution in [1.82, 2.24) is 9.38 Å². The molecule has 2 N–H and O–H groups in total. The molecule has 2 aromatic heterocycles. The van der Waals surface area contributed by atoms with E-state index in [1.807, 2.05) is 24.4 Å². The molecule has 0 spiro atoms. The number of nitrogen functional groups attached to an aromatic ring is 1. The minimum Gasteiger partial charge on any atom is -0.495 e. The Labute approximate surface area is 129 Å². The maximum Gasteiger partial charge on any atom is 0.139 e. The summed E-state index contributed by atoms with van der Waals surface area (Å²) in [4.78, 5) is 4.52. The molecular formula is C15H11BrN4O. The third-order valence-corrected chi connectivity index (χ3v) is 3.68. The van der Waals surface area contributed by atoms with Gasteiger partial charge in [0.1, 0.15) is 29.0 Å². The zero-order valence-electron chi connectivity index (χ0n) is 11.2. The molecule has 3 rings (SSSR count). The van der Waals surface area contributed by atoms with E-state index < -0.39 is 0 Å². The standard InChI is InChI=1S/C15H11BrN4O/c1-21-12-4-2-9(6-10(12)7-17)14-15(18)20-8-11(16)3-5-13(20)19-14/h2-6,8H,18H2,1H3. The van der Waals surface area contributed by atoms with E-state index in [2.05, 4.69) is 27.0 Å². The molecule has 21 heavy (non-hydrogen) atoms. The molecule has 0 amide bonds. The van der Waals surface area contributed by atoms with Crippen molar-refractivity contribution < 1.29 is 4.74 Å². The highest BCUT2D eigenvalue weighted by Crippen LogP contribution is 2.30. The van der Waals surface area contributed by atoms with E-state index in [1.54, 1.807) is 16.5 Å². The van der Waals surface area contributed by atoms with Gasteiger partial charge in [-0.2, -0.15) is 5.26 Å². The number of nitriles is 1. The minimum absolute atomic E-state index is 0.452. The summed E-state index contributed by atoms with van der Waals surface area (Å²) in [5.41, 5.74) is 8.80. The van der Waals surface area contributed by atoms with Crippen LogP contribution in [0.5, 0.6) is 5.75 Å². The number of fused-ring (bicyclic) bond motifs is 1. The van der Waals surface area contributed by atoms with Gasteiger partial charge in [-0.25, -0.2) is 4.98 Å². The van der Waals surface area contributed by atoms with Crippen LogP contribution >= 0.6 is 15.9 Å². The second-order valence-corrected chi connectivity index (χ2v) is 5.36. The third-order valence-electron chi connectivity index (χ3n) is 3.21. The highest BCUT2D eigenvalue weighted by Gasteiger charge is 2.13. The molecule has 1 aromatic carbocycles. The molecule has 0 aliphatic rings. The van der Waals surface area contributed by atoms with Gasteiger partial charge in [-0.3, -0.25) is 4.40 Å². The number of ether oxygens (including phenoxy) is 1. The molecule has 0 bridgehead atoms. The Morgan fingerprint density at radius 2 is 2.14 bits per heavy atom. The van der Waals surface area contributed by atoms with Crippen molar-refractivity contribution in [3.8, 4) is 23.1 Å². The zero-order chi connectivity index (χ0) is 15.0. The summed E-state index contributed by atoms with van der Waals surface area (Å²) in [6, 6.07) is 11.2. The molecule has 0 unspecified atom stereocenters. The van der Waals surface area contributed by atoms with Crippen molar-refractivity contribution in [2.24, 2.45) is 0 Å². The number of methoxy groups -OCH3 is 1. The topological polar surface area (TPSA) is 76.3 Å². The monoisotopic (exact) mass is 342 g/mol. The van der Waals surface area contributed by atoms with Crippen LogP contribution in [0.1, 0.15) is 5.56 Å².